The zero-order chi connectivity index (χ0) is 10.5. The minimum Gasteiger partial charge on any atom is -0.480 e. The summed E-state index contributed by atoms with van der Waals surface area (Å²) in [6.45, 7) is 1.45. The summed E-state index contributed by atoms with van der Waals surface area (Å²) >= 11 is 0. The zero-order valence-electron chi connectivity index (χ0n) is 7.19. The quantitative estimate of drug-likeness (QED) is 0.658. The Kier molecular flexibility index (Phi) is 4.76. The van der Waals surface area contributed by atoms with E-state index >= 15 is 0 Å². The lowest BCUT2D eigenvalue weighted by Crippen LogP contribution is -2.34. The predicted octanol–water partition coefficient (Wildman–Crippen LogP) is 1.39. The first-order valence-corrected chi connectivity index (χ1v) is 3.86. The lowest BCUT2D eigenvalue weighted by molar-refractivity contribution is -0.139. The van der Waals surface area contributed by atoms with Gasteiger partial charge in [0.15, 0.2) is 0 Å². The van der Waals surface area contributed by atoms with Crippen molar-refractivity contribution >= 4 is 5.97 Å². The van der Waals surface area contributed by atoms with Gasteiger partial charge >= 0.3 is 12.1 Å². The Labute approximate surface area is 73.9 Å². The summed E-state index contributed by atoms with van der Waals surface area (Å²) in [5, 5.41) is 10.8. The Morgan fingerprint density at radius 3 is 2.46 bits per heavy atom. The van der Waals surface area contributed by atoms with Crippen LogP contribution in [0, 0.1) is 0 Å². The van der Waals surface area contributed by atoms with Crippen LogP contribution in [0.2, 0.25) is 0 Å². The van der Waals surface area contributed by atoms with Gasteiger partial charge in [0.1, 0.15) is 6.04 Å². The van der Waals surface area contributed by atoms with Gasteiger partial charge in [0, 0.05) is 6.42 Å². The molecule has 0 spiro atoms. The molecule has 0 bridgehead atoms. The highest BCUT2D eigenvalue weighted by Gasteiger charge is 2.26. The van der Waals surface area contributed by atoms with Gasteiger partial charge in [-0.05, 0) is 19.9 Å². The number of carboxylic acid groups (broad SMARTS) is 1. The van der Waals surface area contributed by atoms with Gasteiger partial charge in [-0.15, -0.1) is 0 Å². The lowest BCUT2D eigenvalue weighted by atomic mass is 10.3. The molecule has 0 aromatic heterocycles. The third kappa shape index (κ3) is 7.58. The molecule has 0 fully saturated rings. The van der Waals surface area contributed by atoms with Gasteiger partial charge in [-0.2, -0.15) is 13.2 Å². The van der Waals surface area contributed by atoms with E-state index in [1.165, 1.54) is 6.92 Å². The van der Waals surface area contributed by atoms with E-state index in [-0.39, 0.29) is 13.0 Å². The van der Waals surface area contributed by atoms with Gasteiger partial charge in [-0.1, -0.05) is 0 Å². The number of carbonyl (C=O) groups is 1. The number of nitrogens with one attached hydrogen (secondary N) is 1. The van der Waals surface area contributed by atoms with Gasteiger partial charge in [-0.25, -0.2) is 0 Å². The molecule has 0 radical (unpaired) electrons. The maximum atomic E-state index is 11.6. The average Bonchev–Trinajstić information content (AvgIpc) is 1.95. The molecule has 0 heterocycles. The third-order valence-electron chi connectivity index (χ3n) is 1.46. The topological polar surface area (TPSA) is 49.3 Å². The highest BCUT2D eigenvalue weighted by atomic mass is 19.4. The van der Waals surface area contributed by atoms with Crippen molar-refractivity contribution in [1.29, 1.82) is 0 Å². The molecule has 0 aromatic rings. The first-order valence-electron chi connectivity index (χ1n) is 3.86. The van der Waals surface area contributed by atoms with Crippen LogP contribution >= 0.6 is 0 Å². The molecule has 3 nitrogen and oxygen atoms in total. The van der Waals surface area contributed by atoms with Crippen molar-refractivity contribution in [3.63, 3.8) is 0 Å². The molecular formula is C7H12F3NO2. The molecule has 0 aliphatic carbocycles. The van der Waals surface area contributed by atoms with E-state index in [9.17, 15) is 18.0 Å². The summed E-state index contributed by atoms with van der Waals surface area (Å²) in [7, 11) is 0. The number of hydrogen-bond donors (Lipinski definition) is 2. The molecule has 13 heavy (non-hydrogen) atoms. The predicted molar refractivity (Wildman–Crippen MR) is 40.4 cm³/mol. The second-order valence-corrected chi connectivity index (χ2v) is 2.73. The number of alkyl halides is 3. The van der Waals surface area contributed by atoms with E-state index in [1.807, 2.05) is 0 Å². The fourth-order valence-electron chi connectivity index (χ4n) is 0.695. The van der Waals surface area contributed by atoms with Crippen LogP contribution in [0.1, 0.15) is 19.8 Å². The van der Waals surface area contributed by atoms with E-state index in [4.69, 9.17) is 5.11 Å². The van der Waals surface area contributed by atoms with Crippen LogP contribution in [0.5, 0.6) is 0 Å². The number of aliphatic carboxylic acids is 1. The van der Waals surface area contributed by atoms with Crippen molar-refractivity contribution in [2.24, 2.45) is 0 Å². The molecule has 0 saturated carbocycles. The summed E-state index contributed by atoms with van der Waals surface area (Å²) in [6, 6.07) is -0.798. The van der Waals surface area contributed by atoms with E-state index in [0.29, 0.717) is 0 Å². The Morgan fingerprint density at radius 1 is 1.54 bits per heavy atom. The van der Waals surface area contributed by atoms with Crippen LogP contribution in [-0.4, -0.2) is 29.8 Å². The normalized spacial score (nSPS) is 14.2. The van der Waals surface area contributed by atoms with Crippen LogP contribution in [0.4, 0.5) is 13.2 Å². The number of hydrogen-bond acceptors (Lipinski definition) is 2. The maximum absolute atomic E-state index is 11.6. The molecule has 0 aliphatic rings. The van der Waals surface area contributed by atoms with Crippen LogP contribution in [-0.2, 0) is 4.79 Å². The lowest BCUT2D eigenvalue weighted by Gasteiger charge is -2.09. The molecule has 2 N–H and O–H groups in total. The van der Waals surface area contributed by atoms with Crippen LogP contribution in [0.15, 0.2) is 0 Å². The minimum absolute atomic E-state index is 0.0625. The second kappa shape index (κ2) is 5.06. The van der Waals surface area contributed by atoms with Crippen molar-refractivity contribution in [3.8, 4) is 0 Å². The summed E-state index contributed by atoms with van der Waals surface area (Å²) in [6.07, 6.45) is -5.14. The average molecular weight is 199 g/mol. The standard InChI is InChI=1S/C7H12F3NO2/c1-5(6(12)13)11-4-2-3-7(8,9)10/h5,11H,2-4H2,1H3,(H,12,13)/t5-/m1/s1. The van der Waals surface area contributed by atoms with Crippen LogP contribution < -0.4 is 5.32 Å². The van der Waals surface area contributed by atoms with Crippen molar-refractivity contribution in [2.75, 3.05) is 6.54 Å². The Bertz CT molecular complexity index is 170. The van der Waals surface area contributed by atoms with Gasteiger partial charge in [0.2, 0.25) is 0 Å². The molecular weight excluding hydrogens is 187 g/mol. The monoisotopic (exact) mass is 199 g/mol. The summed E-state index contributed by atoms with van der Waals surface area (Å²) < 4.78 is 34.8. The molecule has 1 atom stereocenters. The molecule has 0 saturated heterocycles. The first kappa shape index (κ1) is 12.2. The Hall–Kier alpha value is -0.780. The van der Waals surface area contributed by atoms with Crippen molar-refractivity contribution in [2.45, 2.75) is 32.0 Å². The SMILES string of the molecule is C[C@@H](NCCCC(F)(F)F)C(=O)O. The number of carboxylic acids is 1. The zero-order valence-corrected chi connectivity index (χ0v) is 7.19. The second-order valence-electron chi connectivity index (χ2n) is 2.73. The summed E-state index contributed by atoms with van der Waals surface area (Å²) in [5.41, 5.74) is 0. The summed E-state index contributed by atoms with van der Waals surface area (Å²) in [5.74, 6) is -1.06. The minimum atomic E-state index is -4.16. The van der Waals surface area contributed by atoms with Crippen molar-refractivity contribution in [1.82, 2.24) is 5.32 Å². The summed E-state index contributed by atoms with van der Waals surface area (Å²) in [4.78, 5) is 10.2. The third-order valence-corrected chi connectivity index (χ3v) is 1.46. The highest BCUT2D eigenvalue weighted by Crippen LogP contribution is 2.20. The fraction of sp³-hybridized carbons (Fsp3) is 0.857. The Morgan fingerprint density at radius 2 is 2.08 bits per heavy atom. The molecule has 0 unspecified atom stereocenters. The fourth-order valence-corrected chi connectivity index (χ4v) is 0.695. The number of rotatable bonds is 5. The van der Waals surface area contributed by atoms with Gasteiger partial charge in [0.25, 0.3) is 0 Å². The molecule has 0 amide bonds. The van der Waals surface area contributed by atoms with Crippen LogP contribution in [0.25, 0.3) is 0 Å². The molecule has 6 heteroatoms. The highest BCUT2D eigenvalue weighted by molar-refractivity contribution is 5.72. The van der Waals surface area contributed by atoms with Crippen molar-refractivity contribution < 1.29 is 23.1 Å². The van der Waals surface area contributed by atoms with E-state index in [2.05, 4.69) is 5.32 Å². The van der Waals surface area contributed by atoms with E-state index in [0.717, 1.165) is 0 Å². The molecule has 0 aromatic carbocycles. The van der Waals surface area contributed by atoms with E-state index < -0.39 is 24.6 Å². The molecule has 0 rings (SSSR count). The maximum Gasteiger partial charge on any atom is 0.389 e. The largest absolute Gasteiger partial charge is 0.480 e. The van der Waals surface area contributed by atoms with Gasteiger partial charge in [-0.3, -0.25) is 4.79 Å². The van der Waals surface area contributed by atoms with E-state index in [1.54, 1.807) is 0 Å². The smallest absolute Gasteiger partial charge is 0.389 e. The first-order chi connectivity index (χ1) is 5.83. The molecule has 78 valence electrons. The van der Waals surface area contributed by atoms with Gasteiger partial charge in [0.05, 0.1) is 0 Å². The Balaban J connectivity index is 3.41. The number of halogens is 3. The van der Waals surface area contributed by atoms with Crippen molar-refractivity contribution in [3.05, 3.63) is 0 Å². The van der Waals surface area contributed by atoms with Gasteiger partial charge < -0.3 is 10.4 Å². The molecule has 0 aliphatic heterocycles. The van der Waals surface area contributed by atoms with Crippen LogP contribution in [0.3, 0.4) is 0 Å².